The zero-order valence-electron chi connectivity index (χ0n) is 10.7. The minimum Gasteiger partial charge on any atom is -0.462 e. The summed E-state index contributed by atoms with van der Waals surface area (Å²) < 4.78 is 10.3. The maximum Gasteiger partial charge on any atom is 0.353 e. The van der Waals surface area contributed by atoms with Crippen molar-refractivity contribution in [3.8, 4) is 11.8 Å². The molecule has 0 aromatic heterocycles. The summed E-state index contributed by atoms with van der Waals surface area (Å²) in [4.78, 5) is 11.6. The molecule has 6 heteroatoms. The number of nitrogen functional groups attached to an aromatic ring is 1. The van der Waals surface area contributed by atoms with Crippen molar-refractivity contribution in [1.82, 2.24) is 0 Å². The van der Waals surface area contributed by atoms with Gasteiger partial charge >= 0.3 is 5.97 Å². The number of benzene rings is 1. The highest BCUT2D eigenvalue weighted by molar-refractivity contribution is 8.02. The zero-order chi connectivity index (χ0) is 14.3. The van der Waals surface area contributed by atoms with Crippen molar-refractivity contribution in [1.29, 1.82) is 5.26 Å². The van der Waals surface area contributed by atoms with Gasteiger partial charge in [0.1, 0.15) is 6.07 Å². The molecule has 0 atom stereocenters. The number of anilines is 1. The molecular formula is C13H14N2O3S. The van der Waals surface area contributed by atoms with Gasteiger partial charge in [-0.1, -0.05) is 23.9 Å². The molecule has 0 unspecified atom stereocenters. The van der Waals surface area contributed by atoms with Gasteiger partial charge in [0.2, 0.25) is 0 Å². The van der Waals surface area contributed by atoms with Crippen LogP contribution in [0.1, 0.15) is 6.92 Å². The van der Waals surface area contributed by atoms with Crippen LogP contribution in [0.4, 0.5) is 5.69 Å². The maximum atomic E-state index is 11.6. The minimum absolute atomic E-state index is 0.166. The summed E-state index contributed by atoms with van der Waals surface area (Å²) in [6.07, 6.45) is 1.70. The van der Waals surface area contributed by atoms with E-state index in [9.17, 15) is 4.79 Å². The van der Waals surface area contributed by atoms with Crippen molar-refractivity contribution in [2.24, 2.45) is 0 Å². The lowest BCUT2D eigenvalue weighted by Gasteiger charge is -2.11. The molecule has 0 bridgehead atoms. The van der Waals surface area contributed by atoms with Crippen molar-refractivity contribution in [2.45, 2.75) is 6.92 Å². The van der Waals surface area contributed by atoms with Crippen molar-refractivity contribution >= 4 is 23.4 Å². The number of carbonyl (C=O) groups is 1. The third-order valence-corrected chi connectivity index (χ3v) is 2.76. The van der Waals surface area contributed by atoms with E-state index in [1.807, 2.05) is 0 Å². The van der Waals surface area contributed by atoms with Gasteiger partial charge in [0.05, 0.1) is 12.3 Å². The topological polar surface area (TPSA) is 85.3 Å². The number of thioether (sulfide) groups is 1. The molecule has 0 amide bonds. The molecule has 0 aliphatic heterocycles. The molecule has 19 heavy (non-hydrogen) atoms. The average molecular weight is 278 g/mol. The van der Waals surface area contributed by atoms with E-state index in [2.05, 4.69) is 0 Å². The van der Waals surface area contributed by atoms with Crippen LogP contribution in [0.25, 0.3) is 0 Å². The maximum absolute atomic E-state index is 11.6. The predicted molar refractivity (Wildman–Crippen MR) is 74.3 cm³/mol. The number of ether oxygens (including phenoxy) is 2. The van der Waals surface area contributed by atoms with Gasteiger partial charge in [0, 0.05) is 0 Å². The van der Waals surface area contributed by atoms with E-state index in [0.29, 0.717) is 11.4 Å². The summed E-state index contributed by atoms with van der Waals surface area (Å²) >= 11 is 1.14. The number of para-hydroxylation sites is 2. The van der Waals surface area contributed by atoms with Crippen molar-refractivity contribution in [3.05, 3.63) is 34.9 Å². The first-order chi connectivity index (χ1) is 9.13. The molecule has 0 saturated heterocycles. The molecule has 1 aromatic rings. The van der Waals surface area contributed by atoms with Gasteiger partial charge in [0.15, 0.2) is 16.4 Å². The van der Waals surface area contributed by atoms with E-state index >= 15 is 0 Å². The molecule has 0 radical (unpaired) electrons. The summed E-state index contributed by atoms with van der Waals surface area (Å²) in [6.45, 7) is 1.86. The first-order valence-corrected chi connectivity index (χ1v) is 6.74. The highest BCUT2D eigenvalue weighted by Gasteiger charge is 2.18. The Bertz CT molecular complexity index is 535. The minimum atomic E-state index is -0.705. The first-order valence-electron chi connectivity index (χ1n) is 5.51. The van der Waals surface area contributed by atoms with E-state index in [4.69, 9.17) is 20.5 Å². The molecule has 2 N–H and O–H groups in total. The molecule has 0 aliphatic carbocycles. The molecule has 0 heterocycles. The first kappa shape index (κ1) is 14.9. The van der Waals surface area contributed by atoms with Crippen molar-refractivity contribution < 1.29 is 14.3 Å². The number of nitrogens with two attached hydrogens (primary N) is 1. The van der Waals surface area contributed by atoms with E-state index in [1.165, 1.54) is 0 Å². The van der Waals surface area contributed by atoms with Crippen LogP contribution in [0.3, 0.4) is 0 Å². The summed E-state index contributed by atoms with van der Waals surface area (Å²) in [6, 6.07) is 8.64. The van der Waals surface area contributed by atoms with E-state index in [0.717, 1.165) is 11.8 Å². The van der Waals surface area contributed by atoms with Gasteiger partial charge in [-0.3, -0.25) is 0 Å². The normalized spacial score (nSPS) is 11.2. The van der Waals surface area contributed by atoms with Gasteiger partial charge in [-0.25, -0.2) is 4.79 Å². The van der Waals surface area contributed by atoms with Gasteiger partial charge in [-0.05, 0) is 25.3 Å². The molecule has 100 valence electrons. The standard InChI is InChI=1S/C13H14N2O3S/c1-3-17-12(16)9(8-14)13(19-2)18-11-7-5-4-6-10(11)15/h4-7H,3,15H2,1-2H3/b13-9-. The summed E-state index contributed by atoms with van der Waals surface area (Å²) in [7, 11) is 0. The van der Waals surface area contributed by atoms with E-state index in [1.54, 1.807) is 43.5 Å². The van der Waals surface area contributed by atoms with Crippen LogP contribution in [0.5, 0.6) is 5.75 Å². The number of hydrogen-bond acceptors (Lipinski definition) is 6. The predicted octanol–water partition coefficient (Wildman–Crippen LogP) is 2.31. The van der Waals surface area contributed by atoms with E-state index in [-0.39, 0.29) is 17.3 Å². The van der Waals surface area contributed by atoms with Crippen LogP contribution in [0.2, 0.25) is 0 Å². The second-order valence-electron chi connectivity index (χ2n) is 3.34. The third-order valence-electron chi connectivity index (χ3n) is 2.10. The Morgan fingerprint density at radius 1 is 1.47 bits per heavy atom. The zero-order valence-corrected chi connectivity index (χ0v) is 11.5. The number of nitriles is 1. The van der Waals surface area contributed by atoms with E-state index < -0.39 is 5.97 Å². The Balaban J connectivity index is 3.08. The number of esters is 1. The average Bonchev–Trinajstić information content (AvgIpc) is 2.41. The fraction of sp³-hybridized carbons (Fsp3) is 0.231. The number of hydrogen-bond donors (Lipinski definition) is 1. The van der Waals surface area contributed by atoms with Crippen LogP contribution in [0, 0.1) is 11.3 Å². The monoisotopic (exact) mass is 278 g/mol. The van der Waals surface area contributed by atoms with Gasteiger partial charge in [0.25, 0.3) is 0 Å². The molecule has 0 spiro atoms. The lowest BCUT2D eigenvalue weighted by molar-refractivity contribution is -0.138. The van der Waals surface area contributed by atoms with Crippen LogP contribution in [0.15, 0.2) is 34.9 Å². The fourth-order valence-corrected chi connectivity index (χ4v) is 1.75. The van der Waals surface area contributed by atoms with Crippen LogP contribution in [-0.4, -0.2) is 18.8 Å². The summed E-state index contributed by atoms with van der Waals surface area (Å²) in [5.41, 5.74) is 6.00. The van der Waals surface area contributed by atoms with Crippen LogP contribution >= 0.6 is 11.8 Å². The Morgan fingerprint density at radius 2 is 2.16 bits per heavy atom. The quantitative estimate of drug-likeness (QED) is 0.292. The smallest absolute Gasteiger partial charge is 0.353 e. The van der Waals surface area contributed by atoms with Crippen LogP contribution < -0.4 is 10.5 Å². The van der Waals surface area contributed by atoms with Gasteiger partial charge in [-0.15, -0.1) is 0 Å². The molecule has 0 fully saturated rings. The number of carbonyl (C=O) groups excluding carboxylic acids is 1. The Kier molecular flexibility index (Phi) is 5.76. The van der Waals surface area contributed by atoms with Gasteiger partial charge < -0.3 is 15.2 Å². The largest absolute Gasteiger partial charge is 0.462 e. The lowest BCUT2D eigenvalue weighted by Crippen LogP contribution is -2.10. The Hall–Kier alpha value is -2.13. The molecule has 1 rings (SSSR count). The lowest BCUT2D eigenvalue weighted by atomic mass is 10.3. The second-order valence-corrected chi connectivity index (χ2v) is 4.12. The SMILES string of the molecule is CCOC(=O)/C(C#N)=C(/Oc1ccccc1N)SC. The van der Waals surface area contributed by atoms with Crippen molar-refractivity contribution in [2.75, 3.05) is 18.6 Å². The highest BCUT2D eigenvalue weighted by Crippen LogP contribution is 2.27. The number of rotatable bonds is 5. The molecule has 0 saturated carbocycles. The molecule has 5 nitrogen and oxygen atoms in total. The summed E-state index contributed by atoms with van der Waals surface area (Å²) in [5, 5.41) is 9.20. The third kappa shape index (κ3) is 3.93. The highest BCUT2D eigenvalue weighted by atomic mass is 32.2. The second kappa shape index (κ2) is 7.34. The summed E-state index contributed by atoms with van der Waals surface area (Å²) in [5.74, 6) is -0.312. The van der Waals surface area contributed by atoms with Crippen molar-refractivity contribution in [3.63, 3.8) is 0 Å². The number of nitrogens with zero attached hydrogens (tertiary/aromatic N) is 1. The Morgan fingerprint density at radius 3 is 2.68 bits per heavy atom. The molecule has 0 aliphatic rings. The molecule has 1 aromatic carbocycles. The molecular weight excluding hydrogens is 264 g/mol. The Labute approximate surface area is 116 Å². The van der Waals surface area contributed by atoms with Gasteiger partial charge in [-0.2, -0.15) is 5.26 Å². The fourth-order valence-electron chi connectivity index (χ4n) is 1.25. The van der Waals surface area contributed by atoms with Crippen LogP contribution in [-0.2, 0) is 9.53 Å².